The molecular weight excluding hydrogens is 194 g/mol. The van der Waals surface area contributed by atoms with Crippen LogP contribution in [0.5, 0.6) is 0 Å². The molecule has 0 amide bonds. The van der Waals surface area contributed by atoms with Crippen LogP contribution in [0.3, 0.4) is 0 Å². The Kier molecular flexibility index (Phi) is 1.69. The summed E-state index contributed by atoms with van der Waals surface area (Å²) in [5.74, 6) is -1.50. The van der Waals surface area contributed by atoms with E-state index < -0.39 is 21.3 Å². The van der Waals surface area contributed by atoms with E-state index in [2.05, 4.69) is 5.32 Å². The summed E-state index contributed by atoms with van der Waals surface area (Å²) in [7, 11) is -3.15. The van der Waals surface area contributed by atoms with Gasteiger partial charge in [0.05, 0.1) is 11.5 Å². The second kappa shape index (κ2) is 2.45. The summed E-state index contributed by atoms with van der Waals surface area (Å²) in [6.07, 6.45) is 0.644. The van der Waals surface area contributed by atoms with E-state index in [1.54, 1.807) is 0 Å². The number of rotatable bonds is 1. The third-order valence-corrected chi connectivity index (χ3v) is 4.72. The van der Waals surface area contributed by atoms with Crippen molar-refractivity contribution in [1.29, 1.82) is 0 Å². The van der Waals surface area contributed by atoms with Gasteiger partial charge >= 0.3 is 5.97 Å². The second-order valence-electron chi connectivity index (χ2n) is 3.74. The van der Waals surface area contributed by atoms with Gasteiger partial charge in [-0.2, -0.15) is 0 Å². The molecule has 13 heavy (non-hydrogen) atoms. The van der Waals surface area contributed by atoms with Gasteiger partial charge in [0.2, 0.25) is 0 Å². The quantitative estimate of drug-likeness (QED) is 0.564. The van der Waals surface area contributed by atoms with Crippen LogP contribution in [0.25, 0.3) is 0 Å². The summed E-state index contributed by atoms with van der Waals surface area (Å²) >= 11 is 0. The molecule has 0 aromatic heterocycles. The van der Waals surface area contributed by atoms with E-state index >= 15 is 0 Å². The first-order valence-corrected chi connectivity index (χ1v) is 5.97. The van der Waals surface area contributed by atoms with E-state index in [9.17, 15) is 13.2 Å². The fourth-order valence-electron chi connectivity index (χ4n) is 2.28. The summed E-state index contributed by atoms with van der Waals surface area (Å²) < 4.78 is 22.5. The van der Waals surface area contributed by atoms with Crippen molar-refractivity contribution < 1.29 is 18.3 Å². The highest BCUT2D eigenvalue weighted by Gasteiger charge is 2.57. The van der Waals surface area contributed by atoms with E-state index in [1.165, 1.54) is 0 Å². The molecule has 0 aromatic carbocycles. The van der Waals surface area contributed by atoms with Crippen LogP contribution in [0.15, 0.2) is 0 Å². The Morgan fingerprint density at radius 2 is 2.23 bits per heavy atom. The van der Waals surface area contributed by atoms with Gasteiger partial charge in [0.1, 0.15) is 5.54 Å². The van der Waals surface area contributed by atoms with Crippen LogP contribution in [-0.4, -0.2) is 43.1 Å². The van der Waals surface area contributed by atoms with Crippen LogP contribution in [0, 0.1) is 5.92 Å². The number of carboxylic acid groups (broad SMARTS) is 1. The van der Waals surface area contributed by atoms with Gasteiger partial charge in [-0.3, -0.25) is 4.79 Å². The van der Waals surface area contributed by atoms with Crippen LogP contribution in [0.4, 0.5) is 0 Å². The van der Waals surface area contributed by atoms with Gasteiger partial charge in [0.15, 0.2) is 9.84 Å². The van der Waals surface area contributed by atoms with Crippen LogP contribution in [-0.2, 0) is 14.6 Å². The Morgan fingerprint density at radius 3 is 2.77 bits per heavy atom. The molecule has 2 atom stereocenters. The topological polar surface area (TPSA) is 83.5 Å². The summed E-state index contributed by atoms with van der Waals surface area (Å²) in [6, 6.07) is 0. The Morgan fingerprint density at radius 1 is 1.54 bits per heavy atom. The van der Waals surface area contributed by atoms with Gasteiger partial charge in [-0.25, -0.2) is 8.42 Å². The fraction of sp³-hybridized carbons (Fsp3) is 0.857. The second-order valence-corrected chi connectivity index (χ2v) is 5.85. The molecule has 6 heteroatoms. The van der Waals surface area contributed by atoms with Crippen molar-refractivity contribution >= 4 is 15.8 Å². The van der Waals surface area contributed by atoms with Crippen LogP contribution < -0.4 is 5.32 Å². The van der Waals surface area contributed by atoms with E-state index in [-0.39, 0.29) is 17.4 Å². The van der Waals surface area contributed by atoms with Gasteiger partial charge in [0.25, 0.3) is 0 Å². The zero-order valence-corrected chi connectivity index (χ0v) is 7.80. The molecule has 0 radical (unpaired) electrons. The highest BCUT2D eigenvalue weighted by Crippen LogP contribution is 2.36. The zero-order valence-electron chi connectivity index (χ0n) is 6.99. The van der Waals surface area contributed by atoms with Gasteiger partial charge < -0.3 is 10.4 Å². The van der Waals surface area contributed by atoms with Crippen LogP contribution in [0.2, 0.25) is 0 Å². The first kappa shape index (κ1) is 8.96. The van der Waals surface area contributed by atoms with Crippen molar-refractivity contribution in [1.82, 2.24) is 5.32 Å². The maximum Gasteiger partial charge on any atom is 0.325 e. The smallest absolute Gasteiger partial charge is 0.325 e. The van der Waals surface area contributed by atoms with Crippen molar-refractivity contribution in [3.63, 3.8) is 0 Å². The van der Waals surface area contributed by atoms with Gasteiger partial charge in [-0.05, 0) is 13.0 Å². The highest BCUT2D eigenvalue weighted by atomic mass is 32.2. The minimum absolute atomic E-state index is 0.0201. The van der Waals surface area contributed by atoms with Crippen LogP contribution >= 0.6 is 0 Å². The minimum atomic E-state index is -3.15. The molecule has 74 valence electrons. The van der Waals surface area contributed by atoms with E-state index in [0.717, 1.165) is 0 Å². The predicted molar refractivity (Wildman–Crippen MR) is 45.1 cm³/mol. The number of carbonyl (C=O) groups is 1. The molecule has 0 aliphatic carbocycles. The number of sulfone groups is 1. The number of carboxylic acids is 1. The lowest BCUT2D eigenvalue weighted by atomic mass is 9.89. The molecule has 2 aliphatic rings. The van der Waals surface area contributed by atoms with Gasteiger partial charge in [-0.15, -0.1) is 0 Å². The molecule has 2 rings (SSSR count). The van der Waals surface area contributed by atoms with E-state index in [0.29, 0.717) is 13.0 Å². The lowest BCUT2D eigenvalue weighted by Gasteiger charge is -2.21. The highest BCUT2D eigenvalue weighted by molar-refractivity contribution is 7.91. The molecule has 2 aliphatic heterocycles. The molecule has 0 bridgehead atoms. The maximum absolute atomic E-state index is 11.3. The third kappa shape index (κ3) is 1.16. The lowest BCUT2D eigenvalue weighted by Crippen LogP contribution is -2.52. The fourth-order valence-corrected chi connectivity index (χ4v) is 4.62. The monoisotopic (exact) mass is 205 g/mol. The Bertz CT molecular complexity index is 350. The van der Waals surface area contributed by atoms with Crippen molar-refractivity contribution in [2.45, 2.75) is 12.0 Å². The third-order valence-electron chi connectivity index (χ3n) is 2.91. The number of aliphatic carboxylic acids is 1. The largest absolute Gasteiger partial charge is 0.480 e. The standard InChI is InChI=1S/C7H11NO4S/c9-6(10)7-4-13(11,12)3-5(7)1-2-8-7/h5,8H,1-4H2,(H,9,10)/t5-,7+/m1/s1. The first-order valence-electron chi connectivity index (χ1n) is 4.15. The molecule has 2 saturated heterocycles. The molecule has 0 unspecified atom stereocenters. The normalized spacial score (nSPS) is 41.7. The molecule has 5 nitrogen and oxygen atoms in total. The zero-order chi connectivity index (χ0) is 9.69. The molecule has 2 heterocycles. The summed E-state index contributed by atoms with van der Waals surface area (Å²) in [6.45, 7) is 0.604. The van der Waals surface area contributed by atoms with E-state index in [4.69, 9.17) is 5.11 Å². The predicted octanol–water partition coefficient (Wildman–Crippen LogP) is -1.15. The molecule has 2 fully saturated rings. The van der Waals surface area contributed by atoms with Gasteiger partial charge in [-0.1, -0.05) is 0 Å². The van der Waals surface area contributed by atoms with Crippen LogP contribution in [0.1, 0.15) is 6.42 Å². The van der Waals surface area contributed by atoms with Crippen molar-refractivity contribution in [2.75, 3.05) is 18.1 Å². The molecule has 2 N–H and O–H groups in total. The molecule has 0 saturated carbocycles. The average Bonchev–Trinajstić information content (AvgIpc) is 2.40. The maximum atomic E-state index is 11.3. The minimum Gasteiger partial charge on any atom is -0.480 e. The first-order chi connectivity index (χ1) is 5.96. The van der Waals surface area contributed by atoms with E-state index in [1.807, 2.05) is 0 Å². The molecular formula is C7H11NO4S. The summed E-state index contributed by atoms with van der Waals surface area (Å²) in [4.78, 5) is 11.0. The number of nitrogens with one attached hydrogen (secondary N) is 1. The van der Waals surface area contributed by atoms with Crippen molar-refractivity contribution in [2.24, 2.45) is 5.92 Å². The number of hydrogen-bond donors (Lipinski definition) is 2. The SMILES string of the molecule is O=C(O)[C@]12CS(=O)(=O)C[C@H]1CCN2. The Labute approximate surface area is 76.0 Å². The van der Waals surface area contributed by atoms with Crippen molar-refractivity contribution in [3.8, 4) is 0 Å². The number of hydrogen-bond acceptors (Lipinski definition) is 4. The summed E-state index contributed by atoms with van der Waals surface area (Å²) in [5, 5.41) is 11.8. The van der Waals surface area contributed by atoms with Gasteiger partial charge in [0, 0.05) is 5.92 Å². The Hall–Kier alpha value is -0.620. The average molecular weight is 205 g/mol. The summed E-state index contributed by atoms with van der Waals surface area (Å²) in [5.41, 5.74) is -1.18. The molecule has 0 aromatic rings. The lowest BCUT2D eigenvalue weighted by molar-refractivity contribution is -0.144. The Balaban J connectivity index is 2.41. The molecule has 0 spiro atoms. The van der Waals surface area contributed by atoms with Crippen molar-refractivity contribution in [3.05, 3.63) is 0 Å². The number of fused-ring (bicyclic) bond motifs is 1.